The SMILES string of the molecule is CN1CCCC1.COc1ccc(Nc2ncnc(N3CCN(c4ncc(Cc5ccccc5)c(N)n4)CC3)n2)cc1. The lowest BCUT2D eigenvalue weighted by Gasteiger charge is -2.34. The second-order valence-electron chi connectivity index (χ2n) is 10.2. The maximum atomic E-state index is 6.26. The number of methoxy groups -OCH3 is 1. The molecule has 4 heterocycles. The highest BCUT2D eigenvalue weighted by Gasteiger charge is 2.22. The molecule has 2 fully saturated rings. The minimum absolute atomic E-state index is 0.493. The minimum Gasteiger partial charge on any atom is -0.497 e. The molecule has 0 saturated carbocycles. The van der Waals surface area contributed by atoms with Crippen molar-refractivity contribution in [1.29, 1.82) is 0 Å². The van der Waals surface area contributed by atoms with Crippen LogP contribution in [0.25, 0.3) is 0 Å². The number of nitrogens with one attached hydrogen (secondary N) is 1. The van der Waals surface area contributed by atoms with E-state index in [1.807, 2.05) is 48.7 Å². The topological polar surface area (TPSA) is 121 Å². The number of hydrogen-bond acceptors (Lipinski definition) is 11. The molecule has 2 aliphatic heterocycles. The predicted octanol–water partition coefficient (Wildman–Crippen LogP) is 3.63. The molecule has 11 nitrogen and oxygen atoms in total. The van der Waals surface area contributed by atoms with Gasteiger partial charge in [0.15, 0.2) is 0 Å². The van der Waals surface area contributed by atoms with Crippen molar-refractivity contribution in [2.75, 3.05) is 74.3 Å². The summed E-state index contributed by atoms with van der Waals surface area (Å²) < 4.78 is 5.20. The molecule has 0 bridgehead atoms. The van der Waals surface area contributed by atoms with Crippen LogP contribution in [0.4, 0.5) is 29.4 Å². The van der Waals surface area contributed by atoms with Gasteiger partial charge >= 0.3 is 0 Å². The highest BCUT2D eigenvalue weighted by atomic mass is 16.5. The van der Waals surface area contributed by atoms with Gasteiger partial charge in [0.1, 0.15) is 17.9 Å². The monoisotopic (exact) mass is 554 g/mol. The standard InChI is InChI=1S/C25H27N9O.C5H11N/c1-35-21-9-7-20(8-10-21)30-23-28-17-29-25(32-23)34-13-11-33(12-14-34)24-27-16-19(22(26)31-24)15-18-5-3-2-4-6-18;1-6-4-2-3-5-6/h2-10,16-17H,11-15H2,1H3,(H2,26,27,31)(H,28,29,30,32);2-5H2,1H3. The number of nitrogen functional groups attached to an aromatic ring is 1. The van der Waals surface area contributed by atoms with Gasteiger partial charge in [-0.05, 0) is 62.8 Å². The molecule has 11 heteroatoms. The fourth-order valence-corrected chi connectivity index (χ4v) is 4.80. The van der Waals surface area contributed by atoms with Crippen LogP contribution in [0.2, 0.25) is 0 Å². The summed E-state index contributed by atoms with van der Waals surface area (Å²) in [5.41, 5.74) is 9.25. The first-order valence-corrected chi connectivity index (χ1v) is 14.0. The number of anilines is 5. The van der Waals surface area contributed by atoms with Gasteiger partial charge in [-0.25, -0.2) is 15.0 Å². The smallest absolute Gasteiger partial charge is 0.231 e. The number of ether oxygens (including phenoxy) is 1. The van der Waals surface area contributed by atoms with Crippen LogP contribution in [-0.2, 0) is 6.42 Å². The highest BCUT2D eigenvalue weighted by molar-refractivity contribution is 5.55. The Bertz CT molecular complexity index is 1370. The van der Waals surface area contributed by atoms with E-state index in [0.717, 1.165) is 43.2 Å². The number of likely N-dealkylation sites (tertiary alicyclic amines) is 1. The number of rotatable bonds is 7. The van der Waals surface area contributed by atoms with E-state index < -0.39 is 0 Å². The normalized spacial score (nSPS) is 15.3. The lowest BCUT2D eigenvalue weighted by molar-refractivity contribution is 0.415. The number of piperazine rings is 1. The van der Waals surface area contributed by atoms with Gasteiger partial charge in [0.05, 0.1) is 7.11 Å². The summed E-state index contributed by atoms with van der Waals surface area (Å²) in [6.45, 7) is 5.59. The number of nitrogens with two attached hydrogens (primary N) is 1. The summed E-state index contributed by atoms with van der Waals surface area (Å²) in [7, 11) is 3.82. The van der Waals surface area contributed by atoms with Crippen molar-refractivity contribution in [2.45, 2.75) is 19.3 Å². The third-order valence-electron chi connectivity index (χ3n) is 7.20. The average Bonchev–Trinajstić information content (AvgIpc) is 3.50. The largest absolute Gasteiger partial charge is 0.497 e. The van der Waals surface area contributed by atoms with Crippen molar-refractivity contribution in [3.05, 3.63) is 78.2 Å². The Morgan fingerprint density at radius 3 is 2.05 bits per heavy atom. The molecule has 2 saturated heterocycles. The minimum atomic E-state index is 0.493. The van der Waals surface area contributed by atoms with Gasteiger partial charge in [0.2, 0.25) is 17.8 Å². The predicted molar refractivity (Wildman–Crippen MR) is 163 cm³/mol. The van der Waals surface area contributed by atoms with Gasteiger partial charge in [0, 0.05) is 50.0 Å². The molecular formula is C30H38N10O. The number of benzene rings is 2. The zero-order valence-electron chi connectivity index (χ0n) is 23.8. The molecule has 0 amide bonds. The zero-order chi connectivity index (χ0) is 28.4. The molecular weight excluding hydrogens is 516 g/mol. The quantitative estimate of drug-likeness (QED) is 0.348. The lowest BCUT2D eigenvalue weighted by atomic mass is 10.1. The number of aromatic nitrogens is 5. The lowest BCUT2D eigenvalue weighted by Crippen LogP contribution is -2.47. The first-order valence-electron chi connectivity index (χ1n) is 14.0. The van der Waals surface area contributed by atoms with Crippen molar-refractivity contribution < 1.29 is 4.74 Å². The maximum Gasteiger partial charge on any atom is 0.231 e. The molecule has 0 aliphatic carbocycles. The van der Waals surface area contributed by atoms with Gasteiger partial charge < -0.3 is 30.5 Å². The van der Waals surface area contributed by atoms with Crippen molar-refractivity contribution in [2.24, 2.45) is 0 Å². The average molecular weight is 555 g/mol. The Morgan fingerprint density at radius 2 is 1.46 bits per heavy atom. The van der Waals surface area contributed by atoms with Crippen molar-refractivity contribution >= 4 is 29.4 Å². The van der Waals surface area contributed by atoms with E-state index in [0.29, 0.717) is 30.1 Å². The van der Waals surface area contributed by atoms with Crippen LogP contribution in [0.1, 0.15) is 24.0 Å². The third-order valence-corrected chi connectivity index (χ3v) is 7.20. The van der Waals surface area contributed by atoms with Crippen LogP contribution in [0.3, 0.4) is 0 Å². The van der Waals surface area contributed by atoms with E-state index in [2.05, 4.69) is 64.1 Å². The fraction of sp³-hybridized carbons (Fsp3) is 0.367. The Labute approximate surface area is 241 Å². The molecule has 6 rings (SSSR count). The van der Waals surface area contributed by atoms with Gasteiger partial charge in [-0.2, -0.15) is 9.97 Å². The van der Waals surface area contributed by atoms with E-state index in [1.54, 1.807) is 7.11 Å². The Kier molecular flexibility index (Phi) is 9.37. The Balaban J connectivity index is 0.000000500. The molecule has 0 unspecified atom stereocenters. The van der Waals surface area contributed by atoms with E-state index in [4.69, 9.17) is 10.5 Å². The summed E-state index contributed by atoms with van der Waals surface area (Å²) in [5.74, 6) is 3.09. The number of nitrogens with zero attached hydrogens (tertiary/aromatic N) is 8. The highest BCUT2D eigenvalue weighted by Crippen LogP contribution is 2.21. The molecule has 214 valence electrons. The van der Waals surface area contributed by atoms with Crippen LogP contribution in [0.15, 0.2) is 67.1 Å². The Hall–Kier alpha value is -4.51. The van der Waals surface area contributed by atoms with Crippen molar-refractivity contribution in [1.82, 2.24) is 29.8 Å². The third kappa shape index (κ3) is 7.79. The van der Waals surface area contributed by atoms with Gasteiger partial charge in [0.25, 0.3) is 0 Å². The second kappa shape index (κ2) is 13.7. The summed E-state index contributed by atoms with van der Waals surface area (Å²) >= 11 is 0. The van der Waals surface area contributed by atoms with E-state index in [9.17, 15) is 0 Å². The van der Waals surface area contributed by atoms with E-state index in [-0.39, 0.29) is 0 Å². The fourth-order valence-electron chi connectivity index (χ4n) is 4.80. The van der Waals surface area contributed by atoms with Crippen LogP contribution >= 0.6 is 0 Å². The van der Waals surface area contributed by atoms with Crippen LogP contribution in [0.5, 0.6) is 5.75 Å². The molecule has 0 radical (unpaired) electrons. The molecule has 2 aromatic carbocycles. The molecule has 2 aliphatic rings. The second-order valence-corrected chi connectivity index (χ2v) is 10.2. The molecule has 41 heavy (non-hydrogen) atoms. The van der Waals surface area contributed by atoms with E-state index in [1.165, 1.54) is 37.8 Å². The molecule has 0 atom stereocenters. The van der Waals surface area contributed by atoms with Gasteiger partial charge in [-0.1, -0.05) is 30.3 Å². The van der Waals surface area contributed by atoms with Crippen LogP contribution in [0, 0.1) is 0 Å². The molecule has 2 aromatic heterocycles. The zero-order valence-corrected chi connectivity index (χ0v) is 23.8. The number of hydrogen-bond donors (Lipinski definition) is 2. The van der Waals surface area contributed by atoms with Crippen LogP contribution < -0.4 is 25.6 Å². The van der Waals surface area contributed by atoms with E-state index >= 15 is 0 Å². The summed E-state index contributed by atoms with van der Waals surface area (Å²) in [4.78, 5) is 29.0. The summed E-state index contributed by atoms with van der Waals surface area (Å²) in [6.07, 6.45) is 6.90. The maximum absolute atomic E-state index is 6.26. The molecule has 0 spiro atoms. The Morgan fingerprint density at radius 1 is 0.805 bits per heavy atom. The first-order chi connectivity index (χ1) is 20.1. The van der Waals surface area contributed by atoms with Crippen molar-refractivity contribution in [3.8, 4) is 5.75 Å². The van der Waals surface area contributed by atoms with Crippen LogP contribution in [-0.4, -0.2) is 83.2 Å². The summed E-state index contributed by atoms with van der Waals surface area (Å²) in [6, 6.07) is 17.8. The molecule has 4 aromatic rings. The van der Waals surface area contributed by atoms with Gasteiger partial charge in [-0.3, -0.25) is 0 Å². The summed E-state index contributed by atoms with van der Waals surface area (Å²) in [5, 5.41) is 3.21. The van der Waals surface area contributed by atoms with Gasteiger partial charge in [-0.15, -0.1) is 0 Å². The molecule has 3 N–H and O–H groups in total. The van der Waals surface area contributed by atoms with Crippen molar-refractivity contribution in [3.63, 3.8) is 0 Å². The first kappa shape index (κ1) is 28.0.